The number of carbonyl (C=O) groups is 3. The molecule has 166 valence electrons. The number of fused-ring (bicyclic) bond motifs is 1. The zero-order chi connectivity index (χ0) is 21.4. The Morgan fingerprint density at radius 1 is 1.13 bits per heavy atom. The van der Waals surface area contributed by atoms with Gasteiger partial charge in [-0.1, -0.05) is 12.1 Å². The van der Waals surface area contributed by atoms with E-state index in [0.29, 0.717) is 25.1 Å². The molecule has 0 aromatic heterocycles. The third kappa shape index (κ3) is 4.12. The molecule has 0 radical (unpaired) electrons. The number of nitrogens with zero attached hydrogens (tertiary/aromatic N) is 1. The summed E-state index contributed by atoms with van der Waals surface area (Å²) in [7, 11) is 0. The summed E-state index contributed by atoms with van der Waals surface area (Å²) >= 11 is 0. The Morgan fingerprint density at radius 2 is 1.97 bits per heavy atom. The summed E-state index contributed by atoms with van der Waals surface area (Å²) in [6.45, 7) is 3.98. The predicted molar refractivity (Wildman–Crippen MR) is 113 cm³/mol. The van der Waals surface area contributed by atoms with Crippen molar-refractivity contribution < 1.29 is 19.1 Å². The Kier molecular flexibility index (Phi) is 5.54. The molecule has 5 rings (SSSR count). The number of imide groups is 1. The first kappa shape index (κ1) is 20.6. The molecule has 1 spiro atoms. The van der Waals surface area contributed by atoms with Crippen molar-refractivity contribution >= 4 is 17.7 Å². The fourth-order valence-electron chi connectivity index (χ4n) is 5.38. The smallest absolute Gasteiger partial charge is 0.255 e. The monoisotopic (exact) mass is 426 g/mol. The van der Waals surface area contributed by atoms with Gasteiger partial charge in [-0.2, -0.15) is 0 Å². The maximum atomic E-state index is 12.9. The van der Waals surface area contributed by atoms with Gasteiger partial charge in [0.15, 0.2) is 0 Å². The van der Waals surface area contributed by atoms with Crippen LogP contribution in [0.25, 0.3) is 0 Å². The van der Waals surface area contributed by atoms with E-state index in [1.54, 1.807) is 4.90 Å². The van der Waals surface area contributed by atoms with Crippen LogP contribution >= 0.6 is 0 Å². The molecule has 1 aromatic rings. The topological polar surface area (TPSA) is 99.8 Å². The molecule has 31 heavy (non-hydrogen) atoms. The van der Waals surface area contributed by atoms with Gasteiger partial charge in [0, 0.05) is 31.6 Å². The van der Waals surface area contributed by atoms with Crippen LogP contribution in [-0.2, 0) is 27.4 Å². The predicted octanol–water partition coefficient (Wildman–Crippen LogP) is 0.838. The highest BCUT2D eigenvalue weighted by molar-refractivity contribution is 6.05. The summed E-state index contributed by atoms with van der Waals surface area (Å²) in [5, 5.41) is 9.24. The van der Waals surface area contributed by atoms with Crippen molar-refractivity contribution in [2.45, 2.75) is 69.4 Å². The lowest BCUT2D eigenvalue weighted by atomic mass is 9.89. The van der Waals surface area contributed by atoms with Crippen LogP contribution in [0.1, 0.15) is 60.0 Å². The first-order chi connectivity index (χ1) is 15.0. The van der Waals surface area contributed by atoms with E-state index in [1.165, 1.54) is 0 Å². The number of ether oxygens (including phenoxy) is 1. The SMILES string of the molecule is O=C1CCC(N2Cc3ccc(CNCC4CCC5(CCNCC5)O4)cc3C2=O)C(=O)N1. The quantitative estimate of drug-likeness (QED) is 0.604. The maximum Gasteiger partial charge on any atom is 0.255 e. The number of hydrogen-bond donors (Lipinski definition) is 3. The number of benzene rings is 1. The minimum absolute atomic E-state index is 0.0804. The van der Waals surface area contributed by atoms with Gasteiger partial charge in [0.25, 0.3) is 5.91 Å². The van der Waals surface area contributed by atoms with Crippen LogP contribution in [0.15, 0.2) is 18.2 Å². The molecule has 2 unspecified atom stereocenters. The second-order valence-electron chi connectivity index (χ2n) is 9.23. The van der Waals surface area contributed by atoms with Crippen molar-refractivity contribution in [2.24, 2.45) is 0 Å². The average molecular weight is 427 g/mol. The molecule has 4 aliphatic heterocycles. The Morgan fingerprint density at radius 3 is 2.77 bits per heavy atom. The van der Waals surface area contributed by atoms with E-state index in [9.17, 15) is 14.4 Å². The van der Waals surface area contributed by atoms with Gasteiger partial charge in [0.05, 0.1) is 11.7 Å². The van der Waals surface area contributed by atoms with Crippen molar-refractivity contribution in [1.29, 1.82) is 0 Å². The molecule has 3 fully saturated rings. The molecule has 4 aliphatic rings. The van der Waals surface area contributed by atoms with Crippen LogP contribution in [0.5, 0.6) is 0 Å². The van der Waals surface area contributed by atoms with E-state index in [1.807, 2.05) is 18.2 Å². The summed E-state index contributed by atoms with van der Waals surface area (Å²) in [5.41, 5.74) is 2.73. The molecular formula is C23H30N4O4. The Bertz CT molecular complexity index is 896. The zero-order valence-electron chi connectivity index (χ0n) is 17.7. The van der Waals surface area contributed by atoms with Crippen molar-refractivity contribution in [3.8, 4) is 0 Å². The molecule has 8 nitrogen and oxygen atoms in total. The van der Waals surface area contributed by atoms with E-state index in [4.69, 9.17) is 4.74 Å². The number of piperidine rings is 2. The molecule has 3 saturated heterocycles. The molecule has 0 aliphatic carbocycles. The van der Waals surface area contributed by atoms with Crippen LogP contribution < -0.4 is 16.0 Å². The fraction of sp³-hybridized carbons (Fsp3) is 0.609. The lowest BCUT2D eigenvalue weighted by molar-refractivity contribution is -0.136. The Hall–Kier alpha value is -2.29. The number of rotatable bonds is 5. The normalized spacial score (nSPS) is 27.6. The van der Waals surface area contributed by atoms with Gasteiger partial charge >= 0.3 is 0 Å². The molecule has 0 bridgehead atoms. The first-order valence-corrected chi connectivity index (χ1v) is 11.4. The Labute approximate surface area is 182 Å². The maximum absolute atomic E-state index is 12.9. The highest BCUT2D eigenvalue weighted by atomic mass is 16.5. The number of hydrogen-bond acceptors (Lipinski definition) is 6. The van der Waals surface area contributed by atoms with Gasteiger partial charge in [0.2, 0.25) is 11.8 Å². The van der Waals surface area contributed by atoms with Gasteiger partial charge in [-0.15, -0.1) is 0 Å². The van der Waals surface area contributed by atoms with E-state index >= 15 is 0 Å². The third-order valence-corrected chi connectivity index (χ3v) is 7.15. The first-order valence-electron chi connectivity index (χ1n) is 11.4. The molecule has 1 aromatic carbocycles. The molecule has 0 saturated carbocycles. The molecule has 3 amide bonds. The standard InChI is InChI=1S/C23H30N4O4/c28-20-4-3-19(21(29)26-20)27-14-16-2-1-15(11-18(16)22(27)30)12-25-13-17-5-6-23(31-17)7-9-24-10-8-23/h1-2,11,17,19,24-25H,3-10,12-14H2,(H,26,28,29). The van der Waals surface area contributed by atoms with E-state index < -0.39 is 6.04 Å². The van der Waals surface area contributed by atoms with Gasteiger partial charge < -0.3 is 20.3 Å². The van der Waals surface area contributed by atoms with Gasteiger partial charge in [-0.25, -0.2) is 0 Å². The fourth-order valence-corrected chi connectivity index (χ4v) is 5.38. The highest BCUT2D eigenvalue weighted by Gasteiger charge is 2.41. The van der Waals surface area contributed by atoms with Crippen molar-refractivity contribution in [1.82, 2.24) is 20.9 Å². The summed E-state index contributed by atoms with van der Waals surface area (Å²) in [5.74, 6) is -0.767. The number of nitrogens with one attached hydrogen (secondary N) is 3. The number of amides is 3. The van der Waals surface area contributed by atoms with Crippen molar-refractivity contribution in [3.05, 3.63) is 34.9 Å². The second-order valence-corrected chi connectivity index (χ2v) is 9.23. The van der Waals surface area contributed by atoms with Crippen LogP contribution in [0.4, 0.5) is 0 Å². The minimum Gasteiger partial charge on any atom is -0.370 e. The summed E-state index contributed by atoms with van der Waals surface area (Å²) < 4.78 is 6.39. The third-order valence-electron chi connectivity index (χ3n) is 7.15. The van der Waals surface area contributed by atoms with Crippen LogP contribution in [0.3, 0.4) is 0 Å². The lowest BCUT2D eigenvalue weighted by Crippen LogP contribution is -2.52. The van der Waals surface area contributed by atoms with Gasteiger partial charge in [-0.3, -0.25) is 19.7 Å². The van der Waals surface area contributed by atoms with Crippen LogP contribution in [0, 0.1) is 0 Å². The Balaban J connectivity index is 1.16. The molecule has 8 heteroatoms. The van der Waals surface area contributed by atoms with Crippen LogP contribution in [-0.4, -0.2) is 60.0 Å². The summed E-state index contributed by atoms with van der Waals surface area (Å²) in [4.78, 5) is 38.1. The number of carbonyl (C=O) groups excluding carboxylic acids is 3. The zero-order valence-corrected chi connectivity index (χ0v) is 17.7. The molecule has 2 atom stereocenters. The van der Waals surface area contributed by atoms with E-state index in [0.717, 1.165) is 56.4 Å². The van der Waals surface area contributed by atoms with Crippen molar-refractivity contribution in [3.63, 3.8) is 0 Å². The molecule has 4 heterocycles. The van der Waals surface area contributed by atoms with Gasteiger partial charge in [0.1, 0.15) is 6.04 Å². The van der Waals surface area contributed by atoms with Gasteiger partial charge in [-0.05, 0) is 62.4 Å². The average Bonchev–Trinajstić information content (AvgIpc) is 3.30. The van der Waals surface area contributed by atoms with Crippen molar-refractivity contribution in [2.75, 3.05) is 19.6 Å². The summed E-state index contributed by atoms with van der Waals surface area (Å²) in [6, 6.07) is 5.38. The molecular weight excluding hydrogens is 396 g/mol. The lowest BCUT2D eigenvalue weighted by Gasteiger charge is -2.33. The van der Waals surface area contributed by atoms with Crippen LogP contribution in [0.2, 0.25) is 0 Å². The second kappa shape index (κ2) is 8.33. The van der Waals surface area contributed by atoms with E-state index in [-0.39, 0.29) is 35.8 Å². The highest BCUT2D eigenvalue weighted by Crippen LogP contribution is 2.37. The minimum atomic E-state index is -0.569. The van der Waals surface area contributed by atoms with E-state index in [2.05, 4.69) is 16.0 Å². The largest absolute Gasteiger partial charge is 0.370 e. The molecule has 3 N–H and O–H groups in total. The summed E-state index contributed by atoms with van der Waals surface area (Å²) in [6.07, 6.45) is 5.34.